The standard InChI is InChI=1S/C13H20N2O2S/c1-13(16-5-6-17-13)11-3-2-4-15(8-11)9-12-7-14-10-18-12/h7,10-11H,2-6,8-9H2,1H3/t11-/m1/s1. The number of likely N-dealkylation sites (tertiary alicyclic amines) is 1. The molecule has 3 rings (SSSR count). The minimum Gasteiger partial charge on any atom is -0.347 e. The monoisotopic (exact) mass is 268 g/mol. The van der Waals surface area contributed by atoms with E-state index in [4.69, 9.17) is 9.47 Å². The first-order valence-electron chi connectivity index (χ1n) is 6.64. The van der Waals surface area contributed by atoms with Crippen molar-refractivity contribution in [1.29, 1.82) is 0 Å². The number of nitrogens with zero attached hydrogens (tertiary/aromatic N) is 2. The van der Waals surface area contributed by atoms with Crippen molar-refractivity contribution >= 4 is 11.3 Å². The van der Waals surface area contributed by atoms with Gasteiger partial charge >= 0.3 is 0 Å². The molecule has 0 aromatic carbocycles. The van der Waals surface area contributed by atoms with Gasteiger partial charge in [0.15, 0.2) is 5.79 Å². The molecular weight excluding hydrogens is 248 g/mol. The number of piperidine rings is 1. The van der Waals surface area contributed by atoms with E-state index in [0.29, 0.717) is 5.92 Å². The second-order valence-corrected chi connectivity index (χ2v) is 6.23. The maximum atomic E-state index is 5.80. The highest BCUT2D eigenvalue weighted by atomic mass is 32.1. The largest absolute Gasteiger partial charge is 0.347 e. The van der Waals surface area contributed by atoms with Crippen LogP contribution in [0.2, 0.25) is 0 Å². The lowest BCUT2D eigenvalue weighted by Gasteiger charge is -2.39. The van der Waals surface area contributed by atoms with Crippen LogP contribution in [0.25, 0.3) is 0 Å². The SMILES string of the molecule is CC1([C@@H]2CCCN(Cc3cncs3)C2)OCCO1. The van der Waals surface area contributed by atoms with Gasteiger partial charge in [0.1, 0.15) is 0 Å². The Bertz CT molecular complexity index is 376. The predicted octanol–water partition coefficient (Wildman–Crippen LogP) is 2.12. The van der Waals surface area contributed by atoms with Gasteiger partial charge in [0.25, 0.3) is 0 Å². The Morgan fingerprint density at radius 2 is 2.33 bits per heavy atom. The molecule has 0 spiro atoms. The fraction of sp³-hybridized carbons (Fsp3) is 0.769. The predicted molar refractivity (Wildman–Crippen MR) is 70.4 cm³/mol. The van der Waals surface area contributed by atoms with Gasteiger partial charge < -0.3 is 9.47 Å². The van der Waals surface area contributed by atoms with Crippen molar-refractivity contribution in [3.63, 3.8) is 0 Å². The number of thiazole rings is 1. The van der Waals surface area contributed by atoms with Crippen molar-refractivity contribution in [1.82, 2.24) is 9.88 Å². The molecule has 1 atom stereocenters. The fourth-order valence-corrected chi connectivity index (χ4v) is 3.57. The van der Waals surface area contributed by atoms with Crippen molar-refractivity contribution in [3.05, 3.63) is 16.6 Å². The molecular formula is C13H20N2O2S. The highest BCUT2D eigenvalue weighted by molar-refractivity contribution is 7.09. The molecule has 2 aliphatic rings. The summed E-state index contributed by atoms with van der Waals surface area (Å²) in [5, 5.41) is 0. The van der Waals surface area contributed by atoms with Crippen LogP contribution >= 0.6 is 11.3 Å². The molecule has 0 saturated carbocycles. The van der Waals surface area contributed by atoms with Crippen LogP contribution in [0.15, 0.2) is 11.7 Å². The molecule has 5 heteroatoms. The van der Waals surface area contributed by atoms with E-state index in [2.05, 4.69) is 16.8 Å². The Hall–Kier alpha value is -0.490. The summed E-state index contributed by atoms with van der Waals surface area (Å²) >= 11 is 1.73. The topological polar surface area (TPSA) is 34.6 Å². The second kappa shape index (κ2) is 5.25. The molecule has 2 aliphatic heterocycles. The van der Waals surface area contributed by atoms with Crippen LogP contribution in [0, 0.1) is 5.92 Å². The maximum Gasteiger partial charge on any atom is 0.169 e. The lowest BCUT2D eigenvalue weighted by molar-refractivity contribution is -0.192. The average Bonchev–Trinajstić information content (AvgIpc) is 3.02. The fourth-order valence-electron chi connectivity index (χ4n) is 2.93. The second-order valence-electron chi connectivity index (χ2n) is 5.25. The van der Waals surface area contributed by atoms with Crippen molar-refractivity contribution in [3.8, 4) is 0 Å². The molecule has 18 heavy (non-hydrogen) atoms. The molecule has 1 aromatic heterocycles. The van der Waals surface area contributed by atoms with Gasteiger partial charge in [-0.15, -0.1) is 11.3 Å². The van der Waals surface area contributed by atoms with Crippen LogP contribution in [-0.4, -0.2) is 42.0 Å². The summed E-state index contributed by atoms with van der Waals surface area (Å²) in [6, 6.07) is 0. The molecule has 0 N–H and O–H groups in total. The zero-order valence-electron chi connectivity index (χ0n) is 10.8. The first-order valence-corrected chi connectivity index (χ1v) is 7.52. The minimum absolute atomic E-state index is 0.355. The number of aromatic nitrogens is 1. The van der Waals surface area contributed by atoms with E-state index in [1.165, 1.54) is 24.3 Å². The van der Waals surface area contributed by atoms with Crippen LogP contribution < -0.4 is 0 Å². The molecule has 0 radical (unpaired) electrons. The van der Waals surface area contributed by atoms with E-state index in [-0.39, 0.29) is 5.79 Å². The van der Waals surface area contributed by atoms with Crippen molar-refractivity contribution in [2.45, 2.75) is 32.1 Å². The number of hydrogen-bond acceptors (Lipinski definition) is 5. The Labute approximate surface area is 112 Å². The third-order valence-corrected chi connectivity index (χ3v) is 4.74. The first-order chi connectivity index (χ1) is 8.76. The van der Waals surface area contributed by atoms with Gasteiger partial charge in [-0.1, -0.05) is 0 Å². The zero-order valence-corrected chi connectivity index (χ0v) is 11.6. The summed E-state index contributed by atoms with van der Waals surface area (Å²) in [6.45, 7) is 6.82. The maximum absolute atomic E-state index is 5.80. The molecule has 0 amide bonds. The van der Waals surface area contributed by atoms with Crippen LogP contribution in [-0.2, 0) is 16.0 Å². The van der Waals surface area contributed by atoms with Gasteiger partial charge in [-0.3, -0.25) is 9.88 Å². The molecule has 0 bridgehead atoms. The molecule has 4 nitrogen and oxygen atoms in total. The van der Waals surface area contributed by atoms with Gasteiger partial charge in [-0.2, -0.15) is 0 Å². The van der Waals surface area contributed by atoms with Gasteiger partial charge in [0, 0.05) is 30.1 Å². The molecule has 100 valence electrons. The summed E-state index contributed by atoms with van der Waals surface area (Å²) in [4.78, 5) is 7.98. The zero-order chi connectivity index (χ0) is 12.4. The van der Waals surface area contributed by atoms with Crippen LogP contribution in [0.1, 0.15) is 24.6 Å². The Morgan fingerprint density at radius 1 is 1.50 bits per heavy atom. The summed E-state index contributed by atoms with van der Waals surface area (Å²) < 4.78 is 11.6. The third-order valence-electron chi connectivity index (χ3n) is 3.97. The summed E-state index contributed by atoms with van der Waals surface area (Å²) in [7, 11) is 0. The lowest BCUT2D eigenvalue weighted by Crippen LogP contribution is -2.46. The Morgan fingerprint density at radius 3 is 3.06 bits per heavy atom. The van der Waals surface area contributed by atoms with Gasteiger partial charge in [0.05, 0.1) is 18.7 Å². The molecule has 2 fully saturated rings. The van der Waals surface area contributed by atoms with Crippen LogP contribution in [0.4, 0.5) is 0 Å². The van der Waals surface area contributed by atoms with Crippen molar-refractivity contribution < 1.29 is 9.47 Å². The van der Waals surface area contributed by atoms with E-state index in [1.807, 2.05) is 11.7 Å². The third kappa shape index (κ3) is 2.59. The van der Waals surface area contributed by atoms with E-state index < -0.39 is 0 Å². The van der Waals surface area contributed by atoms with E-state index in [9.17, 15) is 0 Å². The van der Waals surface area contributed by atoms with Crippen molar-refractivity contribution in [2.75, 3.05) is 26.3 Å². The summed E-state index contributed by atoms with van der Waals surface area (Å²) in [5.74, 6) is 0.133. The summed E-state index contributed by atoms with van der Waals surface area (Å²) in [6.07, 6.45) is 4.40. The molecule has 0 aliphatic carbocycles. The number of ether oxygens (including phenoxy) is 2. The highest BCUT2D eigenvalue weighted by Crippen LogP contribution is 2.34. The smallest absolute Gasteiger partial charge is 0.169 e. The number of rotatable bonds is 3. The molecule has 3 heterocycles. The van der Waals surface area contributed by atoms with Gasteiger partial charge in [-0.05, 0) is 26.3 Å². The summed E-state index contributed by atoms with van der Waals surface area (Å²) in [5.41, 5.74) is 1.90. The number of hydrogen-bond donors (Lipinski definition) is 0. The molecule has 1 aromatic rings. The molecule has 2 saturated heterocycles. The normalized spacial score (nSPS) is 28.6. The van der Waals surface area contributed by atoms with E-state index in [1.54, 1.807) is 11.3 Å². The van der Waals surface area contributed by atoms with Gasteiger partial charge in [0.2, 0.25) is 0 Å². The van der Waals surface area contributed by atoms with Crippen LogP contribution in [0.3, 0.4) is 0 Å². The molecule has 0 unspecified atom stereocenters. The first kappa shape index (κ1) is 12.5. The average molecular weight is 268 g/mol. The van der Waals surface area contributed by atoms with Crippen LogP contribution in [0.5, 0.6) is 0 Å². The highest BCUT2D eigenvalue weighted by Gasteiger charge is 2.41. The van der Waals surface area contributed by atoms with Crippen molar-refractivity contribution in [2.24, 2.45) is 5.92 Å². The Kier molecular flexibility index (Phi) is 3.66. The van der Waals surface area contributed by atoms with E-state index in [0.717, 1.165) is 26.3 Å². The Balaban J connectivity index is 1.61. The lowest BCUT2D eigenvalue weighted by atomic mass is 9.90. The minimum atomic E-state index is -0.355. The van der Waals surface area contributed by atoms with Gasteiger partial charge in [-0.25, -0.2) is 0 Å². The van der Waals surface area contributed by atoms with E-state index >= 15 is 0 Å². The quantitative estimate of drug-likeness (QED) is 0.841.